The van der Waals surface area contributed by atoms with E-state index in [4.69, 9.17) is 10.00 Å². The highest BCUT2D eigenvalue weighted by molar-refractivity contribution is 8.03. The minimum absolute atomic E-state index is 0.393. The third kappa shape index (κ3) is 6.79. The molecule has 0 spiro atoms. The van der Waals surface area contributed by atoms with Gasteiger partial charge < -0.3 is 15.4 Å². The van der Waals surface area contributed by atoms with Crippen LogP contribution in [0.2, 0.25) is 0 Å². The number of nitrogens with zero attached hydrogens (tertiary/aromatic N) is 1. The summed E-state index contributed by atoms with van der Waals surface area (Å²) in [6.45, 7) is 3.47. The third-order valence-corrected chi connectivity index (χ3v) is 3.04. The average molecular weight is 307 g/mol. The fourth-order valence-electron chi connectivity index (χ4n) is 1.45. The van der Waals surface area contributed by atoms with Crippen LogP contribution in [-0.2, 0) is 14.3 Å². The van der Waals surface area contributed by atoms with Crippen molar-refractivity contribution < 1.29 is 14.3 Å². The minimum atomic E-state index is -0.716. The summed E-state index contributed by atoms with van der Waals surface area (Å²) in [5.41, 5.74) is 0.506. The highest BCUT2D eigenvalue weighted by atomic mass is 32.2. The van der Waals surface area contributed by atoms with Gasteiger partial charge in [0.25, 0.3) is 0 Å². The van der Waals surface area contributed by atoms with E-state index in [-0.39, 0.29) is 0 Å². The number of ether oxygens (including phenoxy) is 1. The lowest BCUT2D eigenvalue weighted by Gasteiger charge is -2.07. The first-order valence-electron chi connectivity index (χ1n) is 6.50. The molecule has 0 heterocycles. The summed E-state index contributed by atoms with van der Waals surface area (Å²) < 4.78 is 5.13. The second-order valence-corrected chi connectivity index (χ2v) is 4.84. The Morgan fingerprint density at radius 3 is 2.62 bits per heavy atom. The number of amides is 2. The van der Waals surface area contributed by atoms with Gasteiger partial charge in [-0.05, 0) is 49.4 Å². The van der Waals surface area contributed by atoms with Gasteiger partial charge in [0.1, 0.15) is 5.40 Å². The zero-order valence-corrected chi connectivity index (χ0v) is 12.5. The van der Waals surface area contributed by atoms with E-state index in [2.05, 4.69) is 10.6 Å². The Labute approximate surface area is 127 Å². The molecule has 2 amide bonds. The highest BCUT2D eigenvalue weighted by Gasteiger charge is 2.12. The molecule has 1 aromatic carbocycles. The van der Waals surface area contributed by atoms with E-state index in [0.717, 1.165) is 16.7 Å². The maximum absolute atomic E-state index is 11.6. The second-order valence-electron chi connectivity index (χ2n) is 3.98. The summed E-state index contributed by atoms with van der Waals surface area (Å²) in [5.74, 6) is -1.39. The van der Waals surface area contributed by atoms with E-state index >= 15 is 0 Å². The van der Waals surface area contributed by atoms with Crippen LogP contribution in [0.3, 0.4) is 0 Å². The number of rotatable bonds is 7. The molecule has 2 N–H and O–H groups in total. The van der Waals surface area contributed by atoms with E-state index in [9.17, 15) is 9.59 Å². The van der Waals surface area contributed by atoms with Gasteiger partial charge >= 0.3 is 11.8 Å². The molecular weight excluding hydrogens is 290 g/mol. The molecular formula is C14H17N3O3S. The van der Waals surface area contributed by atoms with Gasteiger partial charge in [-0.1, -0.05) is 0 Å². The molecule has 1 rings (SSSR count). The summed E-state index contributed by atoms with van der Waals surface area (Å²) in [6.07, 6.45) is 0.660. The molecule has 1 aromatic rings. The van der Waals surface area contributed by atoms with Gasteiger partial charge in [-0.15, -0.1) is 0 Å². The van der Waals surface area contributed by atoms with E-state index in [1.165, 1.54) is 0 Å². The zero-order valence-electron chi connectivity index (χ0n) is 11.7. The van der Waals surface area contributed by atoms with Gasteiger partial charge in [0.15, 0.2) is 0 Å². The molecule has 0 bridgehead atoms. The average Bonchev–Trinajstić information content (AvgIpc) is 2.49. The van der Waals surface area contributed by atoms with Crippen molar-refractivity contribution in [2.75, 3.05) is 25.1 Å². The Morgan fingerprint density at radius 1 is 1.29 bits per heavy atom. The van der Waals surface area contributed by atoms with Crippen molar-refractivity contribution in [1.82, 2.24) is 5.32 Å². The van der Waals surface area contributed by atoms with Crippen LogP contribution in [-0.4, -0.2) is 31.6 Å². The van der Waals surface area contributed by atoms with Crippen molar-refractivity contribution in [3.05, 3.63) is 24.3 Å². The van der Waals surface area contributed by atoms with Gasteiger partial charge in [0, 0.05) is 30.3 Å². The molecule has 21 heavy (non-hydrogen) atoms. The maximum Gasteiger partial charge on any atom is 0.313 e. The van der Waals surface area contributed by atoms with Crippen LogP contribution < -0.4 is 10.6 Å². The Kier molecular flexibility index (Phi) is 7.94. The summed E-state index contributed by atoms with van der Waals surface area (Å²) in [5, 5.41) is 15.5. The Morgan fingerprint density at radius 2 is 2.00 bits per heavy atom. The summed E-state index contributed by atoms with van der Waals surface area (Å²) >= 11 is 1.03. The molecule has 7 heteroatoms. The molecule has 6 nitrogen and oxygen atoms in total. The van der Waals surface area contributed by atoms with E-state index in [1.54, 1.807) is 24.3 Å². The topological polar surface area (TPSA) is 91.2 Å². The molecule has 0 saturated heterocycles. The number of nitrogens with one attached hydrogen (secondary N) is 2. The number of anilines is 1. The number of carbonyl (C=O) groups excluding carboxylic acids is 2. The fourth-order valence-corrected chi connectivity index (χ4v) is 1.83. The van der Waals surface area contributed by atoms with Crippen molar-refractivity contribution >= 4 is 29.3 Å². The standard InChI is InChI=1S/C14H17N3O3S/c1-2-20-9-3-8-16-13(18)14(19)17-11-4-6-12(7-5-11)21-10-15/h4-7H,2-3,8-9H2,1H3,(H,16,18)(H,17,19). The first-order valence-corrected chi connectivity index (χ1v) is 7.32. The third-order valence-electron chi connectivity index (χ3n) is 2.44. The molecule has 0 saturated carbocycles. The van der Waals surface area contributed by atoms with Gasteiger partial charge in [0.05, 0.1) is 0 Å². The van der Waals surface area contributed by atoms with Crippen LogP contribution >= 0.6 is 11.8 Å². The van der Waals surface area contributed by atoms with Crippen molar-refractivity contribution in [3.8, 4) is 5.40 Å². The van der Waals surface area contributed by atoms with Crippen molar-refractivity contribution in [1.29, 1.82) is 5.26 Å². The molecule has 0 unspecified atom stereocenters. The fraction of sp³-hybridized carbons (Fsp3) is 0.357. The molecule has 0 aromatic heterocycles. The van der Waals surface area contributed by atoms with Crippen LogP contribution in [0.25, 0.3) is 0 Å². The SMILES string of the molecule is CCOCCCNC(=O)C(=O)Nc1ccc(SC#N)cc1. The van der Waals surface area contributed by atoms with Crippen LogP contribution in [0.5, 0.6) is 0 Å². The lowest BCUT2D eigenvalue weighted by atomic mass is 10.3. The predicted octanol–water partition coefficient (Wildman–Crippen LogP) is 1.74. The van der Waals surface area contributed by atoms with Gasteiger partial charge in [-0.25, -0.2) is 0 Å². The van der Waals surface area contributed by atoms with E-state index in [1.807, 2.05) is 12.3 Å². The normalized spacial score (nSPS) is 9.71. The second kappa shape index (κ2) is 9.80. The van der Waals surface area contributed by atoms with Crippen LogP contribution in [0, 0.1) is 10.7 Å². The molecule has 0 radical (unpaired) electrons. The molecule has 0 fully saturated rings. The predicted molar refractivity (Wildman–Crippen MR) is 80.7 cm³/mol. The number of benzene rings is 1. The monoisotopic (exact) mass is 307 g/mol. The van der Waals surface area contributed by atoms with Crippen molar-refractivity contribution in [2.24, 2.45) is 0 Å². The molecule has 112 valence electrons. The number of hydrogen-bond donors (Lipinski definition) is 2. The summed E-state index contributed by atoms with van der Waals surface area (Å²) in [6, 6.07) is 6.67. The Balaban J connectivity index is 2.34. The first kappa shape index (κ1) is 17.0. The van der Waals surface area contributed by atoms with Crippen LogP contribution in [0.1, 0.15) is 13.3 Å². The lowest BCUT2D eigenvalue weighted by molar-refractivity contribution is -0.136. The highest BCUT2D eigenvalue weighted by Crippen LogP contribution is 2.18. The largest absolute Gasteiger partial charge is 0.382 e. The first-order chi connectivity index (χ1) is 10.2. The number of carbonyl (C=O) groups is 2. The Bertz CT molecular complexity index is 511. The van der Waals surface area contributed by atoms with Crippen molar-refractivity contribution in [2.45, 2.75) is 18.2 Å². The molecule has 0 aliphatic heterocycles. The van der Waals surface area contributed by atoms with Gasteiger partial charge in [0.2, 0.25) is 0 Å². The van der Waals surface area contributed by atoms with Crippen LogP contribution in [0.15, 0.2) is 29.2 Å². The van der Waals surface area contributed by atoms with Crippen LogP contribution in [0.4, 0.5) is 5.69 Å². The molecule has 0 aliphatic carbocycles. The number of thiocyanates is 1. The molecule has 0 aliphatic rings. The van der Waals surface area contributed by atoms with Crippen molar-refractivity contribution in [3.63, 3.8) is 0 Å². The summed E-state index contributed by atoms with van der Waals surface area (Å²) in [7, 11) is 0. The number of nitriles is 1. The van der Waals surface area contributed by atoms with Gasteiger partial charge in [-0.2, -0.15) is 5.26 Å². The number of thioether (sulfide) groups is 1. The smallest absolute Gasteiger partial charge is 0.313 e. The lowest BCUT2D eigenvalue weighted by Crippen LogP contribution is -2.36. The Hall–Kier alpha value is -2.04. The number of hydrogen-bond acceptors (Lipinski definition) is 5. The van der Waals surface area contributed by atoms with E-state index < -0.39 is 11.8 Å². The summed E-state index contributed by atoms with van der Waals surface area (Å²) in [4.78, 5) is 23.9. The molecule has 0 atom stereocenters. The zero-order chi connectivity index (χ0) is 15.5. The minimum Gasteiger partial charge on any atom is -0.382 e. The quantitative estimate of drug-likeness (QED) is 0.346. The van der Waals surface area contributed by atoms with E-state index in [0.29, 0.717) is 31.9 Å². The maximum atomic E-state index is 11.6. The van der Waals surface area contributed by atoms with Gasteiger partial charge in [-0.3, -0.25) is 9.59 Å².